The standard InChI is InChI=1S/C11H13NOS/c1-7-4-5-9-8(6-7)12-11(2,3)10(13)14-9/h4-6,12H,1-3H3. The van der Waals surface area contributed by atoms with Gasteiger partial charge in [0, 0.05) is 10.6 Å². The molecule has 2 rings (SSSR count). The molecule has 1 aromatic carbocycles. The number of carbonyl (C=O) groups excluding carboxylic acids is 1. The minimum atomic E-state index is -0.453. The summed E-state index contributed by atoms with van der Waals surface area (Å²) in [5, 5.41) is 3.43. The Morgan fingerprint density at radius 1 is 1.36 bits per heavy atom. The van der Waals surface area contributed by atoms with Crippen molar-refractivity contribution in [1.82, 2.24) is 0 Å². The van der Waals surface area contributed by atoms with Gasteiger partial charge in [-0.15, -0.1) is 0 Å². The van der Waals surface area contributed by atoms with Gasteiger partial charge >= 0.3 is 0 Å². The average molecular weight is 207 g/mol. The van der Waals surface area contributed by atoms with E-state index in [-0.39, 0.29) is 5.12 Å². The van der Waals surface area contributed by atoms with E-state index in [4.69, 9.17) is 0 Å². The SMILES string of the molecule is Cc1ccc2c(c1)NC(C)(C)C(=O)S2. The highest BCUT2D eigenvalue weighted by molar-refractivity contribution is 8.14. The monoisotopic (exact) mass is 207 g/mol. The highest BCUT2D eigenvalue weighted by Crippen LogP contribution is 2.38. The van der Waals surface area contributed by atoms with Gasteiger partial charge < -0.3 is 5.32 Å². The van der Waals surface area contributed by atoms with Crippen molar-refractivity contribution in [2.45, 2.75) is 31.2 Å². The lowest BCUT2D eigenvalue weighted by atomic mass is 10.1. The lowest BCUT2D eigenvalue weighted by molar-refractivity contribution is -0.114. The normalized spacial score (nSPS) is 18.6. The molecule has 2 nitrogen and oxygen atoms in total. The molecule has 3 heteroatoms. The number of fused-ring (bicyclic) bond motifs is 1. The molecule has 0 aromatic heterocycles. The van der Waals surface area contributed by atoms with Gasteiger partial charge in [0.15, 0.2) is 0 Å². The summed E-state index contributed by atoms with van der Waals surface area (Å²) in [5.41, 5.74) is 1.83. The second-order valence-electron chi connectivity index (χ2n) is 4.14. The second kappa shape index (κ2) is 3.02. The fourth-order valence-corrected chi connectivity index (χ4v) is 2.31. The maximum Gasteiger partial charge on any atom is 0.218 e. The number of carbonyl (C=O) groups is 1. The van der Waals surface area contributed by atoms with E-state index in [9.17, 15) is 4.79 Å². The first-order valence-electron chi connectivity index (χ1n) is 4.60. The molecule has 0 saturated carbocycles. The smallest absolute Gasteiger partial charge is 0.218 e. The highest BCUT2D eigenvalue weighted by Gasteiger charge is 2.33. The number of anilines is 1. The molecule has 0 saturated heterocycles. The van der Waals surface area contributed by atoms with Gasteiger partial charge in [0.2, 0.25) is 5.12 Å². The van der Waals surface area contributed by atoms with E-state index in [0.717, 1.165) is 10.6 Å². The summed E-state index contributed by atoms with van der Waals surface area (Å²) in [4.78, 5) is 12.7. The van der Waals surface area contributed by atoms with Crippen molar-refractivity contribution >= 4 is 22.6 Å². The van der Waals surface area contributed by atoms with Crippen LogP contribution >= 0.6 is 11.8 Å². The Bertz CT molecular complexity index is 398. The van der Waals surface area contributed by atoms with Crippen LogP contribution in [0.5, 0.6) is 0 Å². The van der Waals surface area contributed by atoms with E-state index in [2.05, 4.69) is 18.3 Å². The number of nitrogens with one attached hydrogen (secondary N) is 1. The molecule has 0 spiro atoms. The summed E-state index contributed by atoms with van der Waals surface area (Å²) in [7, 11) is 0. The Hall–Kier alpha value is -0.960. The van der Waals surface area contributed by atoms with Crippen molar-refractivity contribution in [3.05, 3.63) is 23.8 Å². The van der Waals surface area contributed by atoms with Crippen molar-refractivity contribution in [3.8, 4) is 0 Å². The lowest BCUT2D eigenvalue weighted by Gasteiger charge is -2.31. The molecule has 1 heterocycles. The van der Waals surface area contributed by atoms with E-state index in [0.29, 0.717) is 0 Å². The van der Waals surface area contributed by atoms with E-state index >= 15 is 0 Å². The lowest BCUT2D eigenvalue weighted by Crippen LogP contribution is -2.40. The number of rotatable bonds is 0. The third-order valence-corrected chi connectivity index (χ3v) is 3.57. The summed E-state index contributed by atoms with van der Waals surface area (Å²) < 4.78 is 0. The van der Waals surface area contributed by atoms with Crippen LogP contribution in [0.15, 0.2) is 23.1 Å². The zero-order valence-corrected chi connectivity index (χ0v) is 9.37. The van der Waals surface area contributed by atoms with Crippen LogP contribution in [0.2, 0.25) is 0 Å². The van der Waals surface area contributed by atoms with Crippen LogP contribution < -0.4 is 5.32 Å². The molecule has 74 valence electrons. The summed E-state index contributed by atoms with van der Waals surface area (Å²) >= 11 is 1.33. The van der Waals surface area contributed by atoms with Gasteiger partial charge in [0.05, 0.1) is 0 Å². The van der Waals surface area contributed by atoms with E-state index in [1.807, 2.05) is 26.0 Å². The maximum atomic E-state index is 11.7. The van der Waals surface area contributed by atoms with Gasteiger partial charge in [-0.3, -0.25) is 4.79 Å². The predicted octanol–water partition coefficient (Wildman–Crippen LogP) is 2.82. The van der Waals surface area contributed by atoms with Gasteiger partial charge in [-0.05, 0) is 50.2 Å². The van der Waals surface area contributed by atoms with Crippen LogP contribution in [0.3, 0.4) is 0 Å². The topological polar surface area (TPSA) is 29.1 Å². The summed E-state index contributed by atoms with van der Waals surface area (Å²) in [6.45, 7) is 5.87. The molecule has 1 N–H and O–H groups in total. The maximum absolute atomic E-state index is 11.7. The van der Waals surface area contributed by atoms with Gasteiger partial charge in [-0.1, -0.05) is 6.07 Å². The quantitative estimate of drug-likeness (QED) is 0.709. The summed E-state index contributed by atoms with van der Waals surface area (Å²) in [6.07, 6.45) is 0. The molecule has 0 unspecified atom stereocenters. The van der Waals surface area contributed by atoms with Crippen molar-refractivity contribution in [2.24, 2.45) is 0 Å². The Balaban J connectivity index is 2.46. The molecular weight excluding hydrogens is 194 g/mol. The summed E-state index contributed by atoms with van der Waals surface area (Å²) in [6, 6.07) is 6.10. The number of thioether (sulfide) groups is 1. The fourth-order valence-electron chi connectivity index (χ4n) is 1.45. The van der Waals surface area contributed by atoms with Crippen LogP contribution in [-0.4, -0.2) is 10.7 Å². The highest BCUT2D eigenvalue weighted by atomic mass is 32.2. The molecule has 0 atom stereocenters. The molecular formula is C11H13NOS. The zero-order valence-electron chi connectivity index (χ0n) is 8.55. The molecule has 1 aliphatic heterocycles. The van der Waals surface area contributed by atoms with Crippen molar-refractivity contribution < 1.29 is 4.79 Å². The van der Waals surface area contributed by atoms with Gasteiger partial charge in [-0.25, -0.2) is 0 Å². The first-order chi connectivity index (χ1) is 6.49. The van der Waals surface area contributed by atoms with E-state index < -0.39 is 5.54 Å². The Kier molecular flexibility index (Phi) is 2.07. The molecule has 0 amide bonds. The van der Waals surface area contributed by atoms with Crippen LogP contribution in [0, 0.1) is 6.92 Å². The summed E-state index contributed by atoms with van der Waals surface area (Å²) in [5.74, 6) is 0. The minimum absolute atomic E-state index is 0.175. The van der Waals surface area contributed by atoms with Gasteiger partial charge in [0.1, 0.15) is 5.54 Å². The zero-order chi connectivity index (χ0) is 10.3. The second-order valence-corrected chi connectivity index (χ2v) is 5.15. The van der Waals surface area contributed by atoms with Crippen LogP contribution in [0.4, 0.5) is 5.69 Å². The van der Waals surface area contributed by atoms with Crippen molar-refractivity contribution in [1.29, 1.82) is 0 Å². The van der Waals surface area contributed by atoms with Crippen LogP contribution in [-0.2, 0) is 4.79 Å². The molecule has 1 aliphatic rings. The van der Waals surface area contributed by atoms with Gasteiger partial charge in [-0.2, -0.15) is 0 Å². The predicted molar refractivity (Wildman–Crippen MR) is 59.7 cm³/mol. The Morgan fingerprint density at radius 2 is 2.07 bits per heavy atom. The number of hydrogen-bond acceptors (Lipinski definition) is 3. The molecule has 1 aromatic rings. The van der Waals surface area contributed by atoms with Gasteiger partial charge in [0.25, 0.3) is 0 Å². The first-order valence-corrected chi connectivity index (χ1v) is 5.42. The molecule has 0 aliphatic carbocycles. The molecule has 0 fully saturated rings. The third-order valence-electron chi connectivity index (χ3n) is 2.30. The molecule has 0 radical (unpaired) electrons. The molecule has 14 heavy (non-hydrogen) atoms. The Labute approximate surface area is 88.1 Å². The minimum Gasteiger partial charge on any atom is -0.372 e. The van der Waals surface area contributed by atoms with Crippen LogP contribution in [0.1, 0.15) is 19.4 Å². The van der Waals surface area contributed by atoms with E-state index in [1.54, 1.807) is 0 Å². The first kappa shape index (κ1) is 9.59. The molecule has 0 bridgehead atoms. The fraction of sp³-hybridized carbons (Fsp3) is 0.364. The van der Waals surface area contributed by atoms with Crippen molar-refractivity contribution in [3.63, 3.8) is 0 Å². The average Bonchev–Trinajstić information content (AvgIpc) is 2.07. The number of benzene rings is 1. The van der Waals surface area contributed by atoms with Crippen LogP contribution in [0.25, 0.3) is 0 Å². The van der Waals surface area contributed by atoms with Crippen molar-refractivity contribution in [2.75, 3.05) is 5.32 Å². The number of aryl methyl sites for hydroxylation is 1. The largest absolute Gasteiger partial charge is 0.372 e. The third kappa shape index (κ3) is 1.52. The van der Waals surface area contributed by atoms with E-state index in [1.165, 1.54) is 17.3 Å². The number of hydrogen-bond donors (Lipinski definition) is 1. The Morgan fingerprint density at radius 3 is 2.79 bits per heavy atom.